The molecule has 8 heteroatoms. The van der Waals surface area contributed by atoms with Gasteiger partial charge in [0.15, 0.2) is 5.60 Å². The summed E-state index contributed by atoms with van der Waals surface area (Å²) in [7, 11) is 0.134. The average Bonchev–Trinajstić information content (AvgIpc) is 2.61. The SMILES string of the molecule is CCCCOC(=O)CC(O)(C(=O)OCCCC)C([SiH3])C(=O)OCCCC. The summed E-state index contributed by atoms with van der Waals surface area (Å²) >= 11 is 0. The molecular formula is C18H34O7Si. The molecule has 0 heterocycles. The predicted octanol–water partition coefficient (Wildman–Crippen LogP) is 1.29. The average molecular weight is 391 g/mol. The van der Waals surface area contributed by atoms with Crippen LogP contribution in [-0.2, 0) is 28.6 Å². The van der Waals surface area contributed by atoms with Gasteiger partial charge in [-0.15, -0.1) is 0 Å². The lowest BCUT2D eigenvalue weighted by molar-refractivity contribution is -0.177. The first-order chi connectivity index (χ1) is 12.3. The van der Waals surface area contributed by atoms with E-state index in [-0.39, 0.29) is 30.1 Å². The third-order valence-corrected chi connectivity index (χ3v) is 5.50. The van der Waals surface area contributed by atoms with Gasteiger partial charge in [-0.1, -0.05) is 40.0 Å². The number of ether oxygens (including phenoxy) is 3. The molecule has 0 spiro atoms. The molecule has 26 heavy (non-hydrogen) atoms. The first kappa shape index (κ1) is 24.6. The van der Waals surface area contributed by atoms with Crippen LogP contribution in [0.15, 0.2) is 0 Å². The maximum Gasteiger partial charge on any atom is 0.339 e. The van der Waals surface area contributed by atoms with Crippen LogP contribution in [0.1, 0.15) is 65.7 Å². The topological polar surface area (TPSA) is 99.1 Å². The third kappa shape index (κ3) is 8.80. The molecular weight excluding hydrogens is 356 g/mol. The van der Waals surface area contributed by atoms with Crippen molar-refractivity contribution in [1.82, 2.24) is 0 Å². The summed E-state index contributed by atoms with van der Waals surface area (Å²) in [6, 6.07) is 0. The molecule has 0 radical (unpaired) electrons. The van der Waals surface area contributed by atoms with Crippen LogP contribution in [0.25, 0.3) is 0 Å². The van der Waals surface area contributed by atoms with Crippen molar-refractivity contribution < 1.29 is 33.7 Å². The van der Waals surface area contributed by atoms with Gasteiger partial charge in [0.05, 0.1) is 31.8 Å². The Kier molecular flexibility index (Phi) is 13.0. The largest absolute Gasteiger partial charge is 0.466 e. The van der Waals surface area contributed by atoms with Crippen molar-refractivity contribution in [2.24, 2.45) is 0 Å². The normalized spacial score (nSPS) is 14.3. The highest BCUT2D eigenvalue weighted by Gasteiger charge is 2.49. The molecule has 0 bridgehead atoms. The molecule has 152 valence electrons. The van der Waals surface area contributed by atoms with Crippen LogP contribution in [0, 0.1) is 0 Å². The highest BCUT2D eigenvalue weighted by atomic mass is 28.1. The first-order valence-corrected chi connectivity index (χ1v) is 10.7. The zero-order valence-corrected chi connectivity index (χ0v) is 18.5. The summed E-state index contributed by atoms with van der Waals surface area (Å²) in [4.78, 5) is 36.7. The van der Waals surface area contributed by atoms with Crippen molar-refractivity contribution in [3.05, 3.63) is 0 Å². The summed E-state index contributed by atoms with van der Waals surface area (Å²) in [6.45, 7) is 6.40. The molecule has 0 fully saturated rings. The Labute approximate surface area is 159 Å². The molecule has 2 atom stereocenters. The summed E-state index contributed by atoms with van der Waals surface area (Å²) < 4.78 is 15.2. The second-order valence-electron chi connectivity index (χ2n) is 6.41. The smallest absolute Gasteiger partial charge is 0.339 e. The summed E-state index contributed by atoms with van der Waals surface area (Å²) in [5.41, 5.74) is -3.35. The van der Waals surface area contributed by atoms with Gasteiger partial charge in [-0.05, 0) is 19.3 Å². The fourth-order valence-corrected chi connectivity index (χ4v) is 2.68. The first-order valence-electron chi connectivity index (χ1n) is 9.55. The highest BCUT2D eigenvalue weighted by molar-refractivity contribution is 6.26. The minimum atomic E-state index is -2.24. The van der Waals surface area contributed by atoms with Crippen molar-refractivity contribution in [2.45, 2.75) is 76.9 Å². The van der Waals surface area contributed by atoms with Crippen LogP contribution in [0.2, 0.25) is 5.54 Å². The molecule has 0 aromatic heterocycles. The molecule has 0 aliphatic heterocycles. The maximum absolute atomic E-state index is 12.4. The van der Waals surface area contributed by atoms with Gasteiger partial charge in [0, 0.05) is 10.2 Å². The fraction of sp³-hybridized carbons (Fsp3) is 0.833. The van der Waals surface area contributed by atoms with E-state index in [0.717, 1.165) is 19.3 Å². The Hall–Kier alpha value is -1.41. The van der Waals surface area contributed by atoms with Crippen LogP contribution in [0.3, 0.4) is 0 Å². The third-order valence-electron chi connectivity index (χ3n) is 4.07. The lowest BCUT2D eigenvalue weighted by Crippen LogP contribution is -2.49. The molecule has 0 amide bonds. The summed E-state index contributed by atoms with van der Waals surface area (Å²) in [6.07, 6.45) is 3.92. The number of hydrogen-bond acceptors (Lipinski definition) is 7. The van der Waals surface area contributed by atoms with Gasteiger partial charge >= 0.3 is 17.9 Å². The van der Waals surface area contributed by atoms with E-state index in [0.29, 0.717) is 19.3 Å². The van der Waals surface area contributed by atoms with E-state index in [1.165, 1.54) is 0 Å². The Balaban J connectivity index is 5.08. The van der Waals surface area contributed by atoms with E-state index >= 15 is 0 Å². The number of carbonyl (C=O) groups excluding carboxylic acids is 3. The van der Waals surface area contributed by atoms with Gasteiger partial charge in [0.1, 0.15) is 0 Å². The van der Waals surface area contributed by atoms with E-state index in [9.17, 15) is 19.5 Å². The van der Waals surface area contributed by atoms with Crippen LogP contribution in [0.4, 0.5) is 0 Å². The number of hydrogen-bond donors (Lipinski definition) is 1. The number of rotatable bonds is 14. The van der Waals surface area contributed by atoms with Gasteiger partial charge in [-0.25, -0.2) is 4.79 Å². The van der Waals surface area contributed by atoms with Gasteiger partial charge in [-0.2, -0.15) is 0 Å². The van der Waals surface area contributed by atoms with E-state index in [2.05, 4.69) is 0 Å². The molecule has 0 saturated heterocycles. The van der Waals surface area contributed by atoms with E-state index in [1.807, 2.05) is 20.8 Å². The highest BCUT2D eigenvalue weighted by Crippen LogP contribution is 2.28. The standard InChI is InChI=1S/C18H34O7Si/c1-4-7-10-23-14(19)13-18(22,17(21)25-12-9-6-3)15(26)16(20)24-11-8-5-2/h15,22H,4-13H2,1-3,26H3. The van der Waals surface area contributed by atoms with Crippen LogP contribution in [0.5, 0.6) is 0 Å². The van der Waals surface area contributed by atoms with Gasteiger partial charge in [0.2, 0.25) is 0 Å². The van der Waals surface area contributed by atoms with Crippen molar-refractivity contribution in [3.63, 3.8) is 0 Å². The Morgan fingerprint density at radius 2 is 1.35 bits per heavy atom. The molecule has 1 N–H and O–H groups in total. The number of carbonyl (C=O) groups is 3. The second kappa shape index (κ2) is 13.7. The van der Waals surface area contributed by atoms with E-state index < -0.39 is 35.5 Å². The second-order valence-corrected chi connectivity index (χ2v) is 7.56. The Bertz CT molecular complexity index is 441. The van der Waals surface area contributed by atoms with Crippen LogP contribution >= 0.6 is 0 Å². The molecule has 0 aromatic carbocycles. The molecule has 0 aromatic rings. The molecule has 7 nitrogen and oxygen atoms in total. The molecule has 0 aliphatic carbocycles. The molecule has 0 saturated carbocycles. The number of unbranched alkanes of at least 4 members (excludes halogenated alkanes) is 3. The number of aliphatic hydroxyl groups is 1. The Morgan fingerprint density at radius 3 is 1.85 bits per heavy atom. The predicted molar refractivity (Wildman–Crippen MR) is 101 cm³/mol. The van der Waals surface area contributed by atoms with Crippen LogP contribution in [-0.4, -0.2) is 58.7 Å². The monoisotopic (exact) mass is 390 g/mol. The van der Waals surface area contributed by atoms with E-state index in [1.54, 1.807) is 0 Å². The van der Waals surface area contributed by atoms with Crippen molar-refractivity contribution in [2.75, 3.05) is 19.8 Å². The lowest BCUT2D eigenvalue weighted by Gasteiger charge is -2.29. The Morgan fingerprint density at radius 1 is 0.885 bits per heavy atom. The van der Waals surface area contributed by atoms with Crippen molar-refractivity contribution >= 4 is 28.2 Å². The minimum Gasteiger partial charge on any atom is -0.466 e. The van der Waals surface area contributed by atoms with E-state index in [4.69, 9.17) is 14.2 Å². The molecule has 0 aliphatic rings. The molecule has 2 unspecified atom stereocenters. The molecule has 0 rings (SSSR count). The zero-order chi connectivity index (χ0) is 20.0. The van der Waals surface area contributed by atoms with Gasteiger partial charge in [-0.3, -0.25) is 9.59 Å². The zero-order valence-electron chi connectivity index (χ0n) is 16.5. The summed E-state index contributed by atoms with van der Waals surface area (Å²) in [5.74, 6) is -2.37. The lowest BCUT2D eigenvalue weighted by atomic mass is 9.94. The van der Waals surface area contributed by atoms with Crippen molar-refractivity contribution in [3.8, 4) is 0 Å². The minimum absolute atomic E-state index is 0.127. The maximum atomic E-state index is 12.4. The quantitative estimate of drug-likeness (QED) is 0.206. The van der Waals surface area contributed by atoms with Crippen LogP contribution < -0.4 is 0 Å². The number of esters is 3. The van der Waals surface area contributed by atoms with Gasteiger partial charge in [0.25, 0.3) is 0 Å². The summed E-state index contributed by atoms with van der Waals surface area (Å²) in [5, 5.41) is 10.9. The fourth-order valence-electron chi connectivity index (χ4n) is 2.07. The van der Waals surface area contributed by atoms with Gasteiger partial charge < -0.3 is 19.3 Å². The van der Waals surface area contributed by atoms with Crippen molar-refractivity contribution in [1.29, 1.82) is 0 Å².